The summed E-state index contributed by atoms with van der Waals surface area (Å²) in [5.41, 5.74) is 0.0840. The number of carbonyl (C=O) groups excluding carboxylic acids is 1. The van der Waals surface area contributed by atoms with Crippen LogP contribution in [0.15, 0.2) is 46.9 Å². The van der Waals surface area contributed by atoms with Gasteiger partial charge in [-0.25, -0.2) is 4.79 Å². The fourth-order valence-corrected chi connectivity index (χ4v) is 3.49. The molecule has 5 N–H and O–H groups in total. The summed E-state index contributed by atoms with van der Waals surface area (Å²) < 4.78 is 29.7. The summed E-state index contributed by atoms with van der Waals surface area (Å²) in [7, 11) is 0. The first kappa shape index (κ1) is 21.0. The number of para-hydroxylation sites is 1. The van der Waals surface area contributed by atoms with Crippen molar-refractivity contribution in [1.82, 2.24) is 0 Å². The molecular formula is C15H15AsBrNO7. The number of anilines is 1. The second-order valence-corrected chi connectivity index (χ2v) is 8.92. The van der Waals surface area contributed by atoms with Crippen LogP contribution in [0.25, 0.3) is 0 Å². The zero-order valence-electron chi connectivity index (χ0n) is 12.9. The molecule has 0 heterocycles. The van der Waals surface area contributed by atoms with Crippen LogP contribution in [0, 0.1) is 0 Å². The zero-order chi connectivity index (χ0) is 19.2. The van der Waals surface area contributed by atoms with Gasteiger partial charge in [0.25, 0.3) is 0 Å². The van der Waals surface area contributed by atoms with E-state index in [1.807, 2.05) is 0 Å². The Bertz CT molecular complexity index is 817. The SMILES string of the molecule is CC(=O)Nc1c(O)cccc1[As](=O)(O)O.O=C(O)c1ccc(Br)cc1. The quantitative estimate of drug-likeness (QED) is 0.329. The maximum Gasteiger partial charge on any atom is 0.335 e. The number of hydrogen-bond acceptors (Lipinski definition) is 4. The topological polar surface area (TPSA) is 144 Å². The number of nitrogens with one attached hydrogen (secondary N) is 1. The van der Waals surface area contributed by atoms with E-state index in [9.17, 15) is 18.4 Å². The molecule has 0 saturated heterocycles. The van der Waals surface area contributed by atoms with Crippen LogP contribution in [0.2, 0.25) is 0 Å². The number of halogens is 1. The third-order valence-electron chi connectivity index (χ3n) is 2.73. The Hall–Kier alpha value is -2.06. The Morgan fingerprint density at radius 1 is 1.08 bits per heavy atom. The van der Waals surface area contributed by atoms with Crippen LogP contribution in [0.3, 0.4) is 0 Å². The van der Waals surface area contributed by atoms with Gasteiger partial charge in [-0.2, -0.15) is 0 Å². The minimum Gasteiger partial charge on any atom is -0.478 e. The van der Waals surface area contributed by atoms with E-state index in [1.165, 1.54) is 25.1 Å². The van der Waals surface area contributed by atoms with Crippen LogP contribution in [0.1, 0.15) is 17.3 Å². The van der Waals surface area contributed by atoms with Gasteiger partial charge in [-0.3, -0.25) is 0 Å². The largest absolute Gasteiger partial charge is 0.478 e. The number of phenolic OH excluding ortho intramolecular Hbond substituents is 1. The minimum absolute atomic E-state index is 0.225. The summed E-state index contributed by atoms with van der Waals surface area (Å²) >= 11 is -1.94. The average molecular weight is 476 g/mol. The number of amides is 1. The number of benzene rings is 2. The zero-order valence-corrected chi connectivity index (χ0v) is 16.3. The summed E-state index contributed by atoms with van der Waals surface area (Å²) in [5, 5.41) is 20.0. The molecule has 2 aromatic carbocycles. The monoisotopic (exact) mass is 475 g/mol. The molecule has 0 radical (unpaired) electrons. The minimum atomic E-state index is -5.14. The van der Waals surface area contributed by atoms with E-state index in [4.69, 9.17) is 13.3 Å². The second kappa shape index (κ2) is 8.87. The molecule has 10 heteroatoms. The molecule has 0 aromatic heterocycles. The summed E-state index contributed by atoms with van der Waals surface area (Å²) in [6, 6.07) is 10.2. The van der Waals surface area contributed by atoms with Crippen molar-refractivity contribution >= 4 is 52.0 Å². The van der Waals surface area contributed by atoms with Gasteiger partial charge in [-0.05, 0) is 24.3 Å². The molecule has 1 amide bonds. The van der Waals surface area contributed by atoms with Gasteiger partial charge in [-0.1, -0.05) is 15.9 Å². The van der Waals surface area contributed by atoms with Crippen LogP contribution in [-0.2, 0) is 8.53 Å². The fraction of sp³-hybridized carbons (Fsp3) is 0.0667. The number of carbonyl (C=O) groups is 2. The molecule has 0 aliphatic carbocycles. The first-order valence-corrected chi connectivity index (χ1v) is 10.8. The van der Waals surface area contributed by atoms with E-state index in [0.717, 1.165) is 4.47 Å². The Morgan fingerprint density at radius 3 is 2.08 bits per heavy atom. The van der Waals surface area contributed by atoms with E-state index >= 15 is 0 Å². The Morgan fingerprint density at radius 2 is 1.64 bits per heavy atom. The molecule has 2 rings (SSSR count). The van der Waals surface area contributed by atoms with Gasteiger partial charge in [0, 0.05) is 4.47 Å². The Kier molecular flexibility index (Phi) is 7.44. The van der Waals surface area contributed by atoms with Gasteiger partial charge in [-0.15, -0.1) is 0 Å². The van der Waals surface area contributed by atoms with Crippen molar-refractivity contribution in [2.75, 3.05) is 5.32 Å². The first-order valence-electron chi connectivity index (χ1n) is 6.67. The molecule has 0 aliphatic rings. The van der Waals surface area contributed by atoms with E-state index in [0.29, 0.717) is 5.56 Å². The van der Waals surface area contributed by atoms with Crippen molar-refractivity contribution in [1.29, 1.82) is 0 Å². The van der Waals surface area contributed by atoms with Crippen molar-refractivity contribution in [2.24, 2.45) is 0 Å². The van der Waals surface area contributed by atoms with E-state index in [-0.39, 0.29) is 15.8 Å². The third-order valence-corrected chi connectivity index (χ3v) is 5.35. The maximum absolute atomic E-state index is 11.1. The third kappa shape index (κ3) is 6.75. The van der Waals surface area contributed by atoms with E-state index in [2.05, 4.69) is 21.2 Å². The molecule has 2 aromatic rings. The number of carboxylic acid groups (broad SMARTS) is 1. The summed E-state index contributed by atoms with van der Waals surface area (Å²) in [6.45, 7) is 1.18. The number of aromatic hydroxyl groups is 1. The van der Waals surface area contributed by atoms with Crippen LogP contribution in [0.4, 0.5) is 5.69 Å². The first-order chi connectivity index (χ1) is 11.5. The predicted octanol–water partition coefficient (Wildman–Crippen LogP) is 1.06. The van der Waals surface area contributed by atoms with Gasteiger partial charge in [0.05, 0.1) is 5.56 Å². The van der Waals surface area contributed by atoms with Crippen LogP contribution in [0.5, 0.6) is 5.75 Å². The molecule has 134 valence electrons. The van der Waals surface area contributed by atoms with Crippen LogP contribution in [-0.4, -0.2) is 44.5 Å². The molecule has 25 heavy (non-hydrogen) atoms. The molecule has 0 aliphatic heterocycles. The average Bonchev–Trinajstić information content (AvgIpc) is 2.49. The normalized spacial score (nSPS) is 10.4. The summed E-state index contributed by atoms with van der Waals surface area (Å²) in [6.07, 6.45) is 0. The molecule has 0 atom stereocenters. The Labute approximate surface area is 154 Å². The standard InChI is InChI=1S/C8H10AsNO5.C7H5BrO2/c1-5(11)10-8-6(9(13,14)15)3-2-4-7(8)12;8-6-3-1-5(2-4-6)7(9)10/h2-4,12H,1H3,(H,10,11)(H2,13,14,15);1-4H,(H,9,10). The molecule has 0 fully saturated rings. The number of phenols is 1. The van der Waals surface area contributed by atoms with Gasteiger partial charge in [0.15, 0.2) is 0 Å². The van der Waals surface area contributed by atoms with Gasteiger partial charge in [0.1, 0.15) is 0 Å². The number of aromatic carboxylic acids is 1. The van der Waals surface area contributed by atoms with Crippen molar-refractivity contribution in [3.05, 3.63) is 52.5 Å². The van der Waals surface area contributed by atoms with Crippen LogP contribution < -0.4 is 9.67 Å². The smallest absolute Gasteiger partial charge is 0.335 e. The fourth-order valence-electron chi connectivity index (χ4n) is 1.67. The van der Waals surface area contributed by atoms with Crippen molar-refractivity contribution < 1.29 is 31.7 Å². The molecule has 0 saturated carbocycles. The number of rotatable bonds is 3. The number of carboxylic acids is 1. The molecular weight excluding hydrogens is 461 g/mol. The van der Waals surface area contributed by atoms with Gasteiger partial charge < -0.3 is 5.11 Å². The van der Waals surface area contributed by atoms with Crippen LogP contribution >= 0.6 is 15.9 Å². The van der Waals surface area contributed by atoms with Crippen molar-refractivity contribution in [3.8, 4) is 5.75 Å². The summed E-state index contributed by atoms with van der Waals surface area (Å²) in [4.78, 5) is 21.1. The van der Waals surface area contributed by atoms with E-state index in [1.54, 1.807) is 24.3 Å². The molecule has 8 nitrogen and oxygen atoms in total. The molecule has 0 spiro atoms. The predicted molar refractivity (Wildman–Crippen MR) is 94.0 cm³/mol. The van der Waals surface area contributed by atoms with Gasteiger partial charge >= 0.3 is 94.1 Å². The summed E-state index contributed by atoms with van der Waals surface area (Å²) in [5.74, 6) is -1.78. The van der Waals surface area contributed by atoms with Crippen molar-refractivity contribution in [2.45, 2.75) is 6.92 Å². The van der Waals surface area contributed by atoms with Gasteiger partial charge in [0.2, 0.25) is 0 Å². The molecule has 0 unspecified atom stereocenters. The Balaban J connectivity index is 0.000000271. The van der Waals surface area contributed by atoms with E-state index < -0.39 is 26.0 Å². The van der Waals surface area contributed by atoms with Crippen molar-refractivity contribution in [3.63, 3.8) is 0 Å². The maximum atomic E-state index is 11.1. The molecule has 0 bridgehead atoms. The number of hydrogen-bond donors (Lipinski definition) is 5. The second-order valence-electron chi connectivity index (χ2n) is 4.71.